The predicted octanol–water partition coefficient (Wildman–Crippen LogP) is 7.43. The third-order valence-corrected chi connectivity index (χ3v) is 6.61. The first-order chi connectivity index (χ1) is 18.3. The fraction of sp³-hybridized carbons (Fsp3) is 0.0690. The summed E-state index contributed by atoms with van der Waals surface area (Å²) in [4.78, 5) is 30.4. The SMILES string of the molecule is Cc1cccc(-c2nc3cc(NC(=O)c4cc(C(=O)NCc5ccc(F)cc5)cc(Cl)c4Cl)ccc3o2)c1. The van der Waals surface area contributed by atoms with Crippen LogP contribution in [0.2, 0.25) is 10.0 Å². The summed E-state index contributed by atoms with van der Waals surface area (Å²) in [5.41, 5.74) is 4.44. The third kappa shape index (κ3) is 5.54. The van der Waals surface area contributed by atoms with Gasteiger partial charge in [-0.2, -0.15) is 0 Å². The molecule has 9 heteroatoms. The van der Waals surface area contributed by atoms with Crippen molar-refractivity contribution in [3.63, 3.8) is 0 Å². The van der Waals surface area contributed by atoms with E-state index in [2.05, 4.69) is 15.6 Å². The van der Waals surface area contributed by atoms with Crippen LogP contribution in [-0.4, -0.2) is 16.8 Å². The molecule has 0 aliphatic rings. The second kappa shape index (κ2) is 10.7. The summed E-state index contributed by atoms with van der Waals surface area (Å²) >= 11 is 12.5. The lowest BCUT2D eigenvalue weighted by Gasteiger charge is -2.11. The average molecular weight is 548 g/mol. The lowest BCUT2D eigenvalue weighted by molar-refractivity contribution is 0.0951. The summed E-state index contributed by atoms with van der Waals surface area (Å²) < 4.78 is 19.0. The molecule has 6 nitrogen and oxygen atoms in total. The minimum Gasteiger partial charge on any atom is -0.436 e. The van der Waals surface area contributed by atoms with Gasteiger partial charge >= 0.3 is 0 Å². The maximum atomic E-state index is 13.1. The number of fused-ring (bicyclic) bond motifs is 1. The van der Waals surface area contributed by atoms with Gasteiger partial charge in [-0.05, 0) is 67.1 Å². The molecule has 0 saturated heterocycles. The highest BCUT2D eigenvalue weighted by molar-refractivity contribution is 6.44. The fourth-order valence-electron chi connectivity index (χ4n) is 3.88. The molecule has 0 fully saturated rings. The molecule has 0 spiro atoms. The standard InChI is InChI=1S/C29H20Cl2FN3O3/c1-16-3-2-4-18(11-16)29-35-24-14-21(9-10-25(24)38-29)34-28(37)22-12-19(13-23(30)26(22)31)27(36)33-15-17-5-7-20(32)8-6-17/h2-14H,15H2,1H3,(H,33,36)(H,34,37). The van der Waals surface area contributed by atoms with Gasteiger partial charge in [0.05, 0.1) is 15.6 Å². The highest BCUT2D eigenvalue weighted by Crippen LogP contribution is 2.30. The highest BCUT2D eigenvalue weighted by atomic mass is 35.5. The smallest absolute Gasteiger partial charge is 0.257 e. The zero-order chi connectivity index (χ0) is 26.8. The maximum absolute atomic E-state index is 13.1. The summed E-state index contributed by atoms with van der Waals surface area (Å²) in [6.45, 7) is 2.16. The van der Waals surface area contributed by atoms with Crippen LogP contribution in [-0.2, 0) is 6.54 Å². The molecule has 190 valence electrons. The number of rotatable bonds is 6. The van der Waals surface area contributed by atoms with Gasteiger partial charge in [-0.15, -0.1) is 0 Å². The number of amides is 2. The van der Waals surface area contributed by atoms with Crippen LogP contribution in [0, 0.1) is 12.7 Å². The average Bonchev–Trinajstić information content (AvgIpc) is 3.33. The summed E-state index contributed by atoms with van der Waals surface area (Å²) in [6, 6.07) is 21.4. The summed E-state index contributed by atoms with van der Waals surface area (Å²) in [7, 11) is 0. The molecule has 0 radical (unpaired) electrons. The first-order valence-corrected chi connectivity index (χ1v) is 12.3. The molecule has 1 heterocycles. The van der Waals surface area contributed by atoms with Gasteiger partial charge in [0.1, 0.15) is 11.3 Å². The molecular formula is C29H20Cl2FN3O3. The number of hydrogen-bond donors (Lipinski definition) is 2. The number of carbonyl (C=O) groups is 2. The van der Waals surface area contributed by atoms with Crippen molar-refractivity contribution in [2.24, 2.45) is 0 Å². The van der Waals surface area contributed by atoms with E-state index in [4.69, 9.17) is 27.6 Å². The van der Waals surface area contributed by atoms with E-state index in [-0.39, 0.29) is 33.5 Å². The van der Waals surface area contributed by atoms with Crippen molar-refractivity contribution in [1.29, 1.82) is 0 Å². The molecule has 4 aromatic carbocycles. The Labute approximate surface area is 227 Å². The normalized spacial score (nSPS) is 10.9. The summed E-state index contributed by atoms with van der Waals surface area (Å²) in [6.07, 6.45) is 0. The van der Waals surface area contributed by atoms with Gasteiger partial charge < -0.3 is 15.1 Å². The Morgan fingerprint density at radius 1 is 0.947 bits per heavy atom. The largest absolute Gasteiger partial charge is 0.436 e. The van der Waals surface area contributed by atoms with Crippen LogP contribution >= 0.6 is 23.2 Å². The summed E-state index contributed by atoms with van der Waals surface area (Å²) in [5.74, 6) is -0.905. The number of aryl methyl sites for hydroxylation is 1. The number of aromatic nitrogens is 1. The van der Waals surface area contributed by atoms with Crippen LogP contribution < -0.4 is 10.6 Å². The first-order valence-electron chi connectivity index (χ1n) is 11.6. The number of anilines is 1. The van der Waals surface area contributed by atoms with Crippen molar-refractivity contribution in [2.75, 3.05) is 5.32 Å². The topological polar surface area (TPSA) is 84.2 Å². The zero-order valence-corrected chi connectivity index (χ0v) is 21.5. The van der Waals surface area contributed by atoms with Gasteiger partial charge in [-0.3, -0.25) is 9.59 Å². The molecule has 5 aromatic rings. The van der Waals surface area contributed by atoms with Gasteiger partial charge in [-0.25, -0.2) is 9.37 Å². The van der Waals surface area contributed by atoms with Crippen molar-refractivity contribution in [3.05, 3.63) is 117 Å². The van der Waals surface area contributed by atoms with Crippen molar-refractivity contribution in [2.45, 2.75) is 13.5 Å². The van der Waals surface area contributed by atoms with Crippen LogP contribution in [0.4, 0.5) is 10.1 Å². The number of halogens is 3. The third-order valence-electron chi connectivity index (χ3n) is 5.81. The molecule has 0 saturated carbocycles. The molecule has 5 rings (SSSR count). The number of oxazole rings is 1. The molecule has 0 unspecified atom stereocenters. The minimum absolute atomic E-state index is 0.0171. The molecule has 1 aromatic heterocycles. The number of nitrogens with one attached hydrogen (secondary N) is 2. The quantitative estimate of drug-likeness (QED) is 0.231. The number of benzene rings is 4. The second-order valence-corrected chi connectivity index (χ2v) is 9.44. The van der Waals surface area contributed by atoms with E-state index in [0.717, 1.165) is 11.1 Å². The Morgan fingerprint density at radius 3 is 2.50 bits per heavy atom. The van der Waals surface area contributed by atoms with Crippen LogP contribution in [0.15, 0.2) is 83.3 Å². The second-order valence-electron chi connectivity index (χ2n) is 8.65. The monoisotopic (exact) mass is 547 g/mol. The van der Waals surface area contributed by atoms with E-state index in [1.165, 1.54) is 24.3 Å². The molecule has 2 N–H and O–H groups in total. The summed E-state index contributed by atoms with van der Waals surface area (Å²) in [5, 5.41) is 5.57. The predicted molar refractivity (Wildman–Crippen MR) is 146 cm³/mol. The number of hydrogen-bond acceptors (Lipinski definition) is 4. The van der Waals surface area contributed by atoms with Gasteiger partial charge in [0.15, 0.2) is 5.58 Å². The maximum Gasteiger partial charge on any atom is 0.257 e. The highest BCUT2D eigenvalue weighted by Gasteiger charge is 2.19. The Hall–Kier alpha value is -4.20. The van der Waals surface area contributed by atoms with Crippen molar-refractivity contribution >= 4 is 51.8 Å². The molecule has 0 aliphatic carbocycles. The van der Waals surface area contributed by atoms with Gasteiger partial charge in [0, 0.05) is 23.4 Å². The van der Waals surface area contributed by atoms with Crippen molar-refractivity contribution in [1.82, 2.24) is 10.3 Å². The fourth-order valence-corrected chi connectivity index (χ4v) is 4.29. The van der Waals surface area contributed by atoms with E-state index in [0.29, 0.717) is 28.2 Å². The van der Waals surface area contributed by atoms with E-state index in [1.54, 1.807) is 30.3 Å². The Kier molecular flexibility index (Phi) is 7.13. The van der Waals surface area contributed by atoms with Crippen LogP contribution in [0.25, 0.3) is 22.6 Å². The van der Waals surface area contributed by atoms with Gasteiger partial charge in [0.2, 0.25) is 5.89 Å². The van der Waals surface area contributed by atoms with Crippen LogP contribution in [0.1, 0.15) is 31.8 Å². The van der Waals surface area contributed by atoms with E-state index in [1.807, 2.05) is 31.2 Å². The first kappa shape index (κ1) is 25.4. The van der Waals surface area contributed by atoms with Crippen molar-refractivity contribution < 1.29 is 18.4 Å². The van der Waals surface area contributed by atoms with E-state index in [9.17, 15) is 14.0 Å². The molecule has 0 aliphatic heterocycles. The molecule has 38 heavy (non-hydrogen) atoms. The zero-order valence-electron chi connectivity index (χ0n) is 20.0. The van der Waals surface area contributed by atoms with E-state index < -0.39 is 11.8 Å². The molecule has 0 atom stereocenters. The van der Waals surface area contributed by atoms with Crippen LogP contribution in [0.3, 0.4) is 0 Å². The van der Waals surface area contributed by atoms with Gasteiger partial charge in [0.25, 0.3) is 11.8 Å². The van der Waals surface area contributed by atoms with Crippen molar-refractivity contribution in [3.8, 4) is 11.5 Å². The Morgan fingerprint density at radius 2 is 1.74 bits per heavy atom. The molecular weight excluding hydrogens is 528 g/mol. The minimum atomic E-state index is -0.549. The van der Waals surface area contributed by atoms with E-state index >= 15 is 0 Å². The number of nitrogens with zero attached hydrogens (tertiary/aromatic N) is 1. The molecule has 0 bridgehead atoms. The Balaban J connectivity index is 1.34. The van der Waals surface area contributed by atoms with Crippen LogP contribution in [0.5, 0.6) is 0 Å². The lowest BCUT2D eigenvalue weighted by Crippen LogP contribution is -2.23. The Bertz CT molecular complexity index is 1680. The molecule has 2 amide bonds. The van der Waals surface area contributed by atoms with Gasteiger partial charge in [-0.1, -0.05) is 53.0 Å². The lowest BCUT2D eigenvalue weighted by atomic mass is 10.1. The number of carbonyl (C=O) groups excluding carboxylic acids is 2.